The van der Waals surface area contributed by atoms with E-state index in [0.29, 0.717) is 23.2 Å². The number of benzene rings is 2. The Kier molecular flexibility index (Phi) is 4.75. The number of nitrogens with zero attached hydrogens (tertiary/aromatic N) is 5. The van der Waals surface area contributed by atoms with Gasteiger partial charge in [0, 0.05) is 18.8 Å². The molecule has 2 aromatic heterocycles. The first kappa shape index (κ1) is 18.7. The van der Waals surface area contributed by atoms with Crippen molar-refractivity contribution in [1.29, 1.82) is 0 Å². The van der Waals surface area contributed by atoms with E-state index in [0.717, 1.165) is 22.5 Å². The molecule has 0 saturated carbocycles. The zero-order valence-electron chi connectivity index (χ0n) is 16.6. The normalized spacial score (nSPS) is 10.9. The predicted molar refractivity (Wildman–Crippen MR) is 109 cm³/mol. The van der Waals surface area contributed by atoms with Gasteiger partial charge in [0.25, 0.3) is 0 Å². The molecule has 0 aliphatic rings. The Morgan fingerprint density at radius 3 is 2.62 bits per heavy atom. The maximum Gasteiger partial charge on any atom is 0.226 e. The molecular formula is C21H21FN6O. The van der Waals surface area contributed by atoms with Crippen molar-refractivity contribution in [2.75, 3.05) is 12.4 Å². The number of hydrogen-bond donors (Lipinski definition) is 1. The van der Waals surface area contributed by atoms with Crippen molar-refractivity contribution < 1.29 is 9.13 Å². The second-order valence-electron chi connectivity index (χ2n) is 6.80. The molecule has 7 nitrogen and oxygen atoms in total. The molecule has 0 amide bonds. The SMILES string of the molecule is COc1cc(-c2nc(Nc3ccc(C)cc3F)n(C)n2)ccc1-n1cnc(C)c1. The number of halogens is 1. The lowest BCUT2D eigenvalue weighted by Gasteiger charge is -2.10. The molecule has 2 aromatic carbocycles. The quantitative estimate of drug-likeness (QED) is 0.552. The molecule has 0 saturated heterocycles. The average Bonchev–Trinajstić information content (AvgIpc) is 3.29. The van der Waals surface area contributed by atoms with Crippen LogP contribution in [0.25, 0.3) is 17.1 Å². The van der Waals surface area contributed by atoms with Crippen molar-refractivity contribution in [3.05, 3.63) is 66.0 Å². The zero-order valence-corrected chi connectivity index (χ0v) is 16.6. The molecule has 0 spiro atoms. The Morgan fingerprint density at radius 2 is 1.93 bits per heavy atom. The molecule has 0 bridgehead atoms. The van der Waals surface area contributed by atoms with Crippen LogP contribution in [-0.4, -0.2) is 31.4 Å². The van der Waals surface area contributed by atoms with Crippen LogP contribution in [-0.2, 0) is 7.05 Å². The highest BCUT2D eigenvalue weighted by atomic mass is 19.1. The Bertz CT molecular complexity index is 1180. The summed E-state index contributed by atoms with van der Waals surface area (Å²) in [7, 11) is 3.37. The number of rotatable bonds is 5. The highest BCUT2D eigenvalue weighted by Crippen LogP contribution is 2.29. The van der Waals surface area contributed by atoms with Gasteiger partial charge in [0.1, 0.15) is 11.6 Å². The van der Waals surface area contributed by atoms with Crippen molar-refractivity contribution in [2.45, 2.75) is 13.8 Å². The summed E-state index contributed by atoms with van der Waals surface area (Å²) in [4.78, 5) is 8.78. The summed E-state index contributed by atoms with van der Waals surface area (Å²) in [6.45, 7) is 3.77. The monoisotopic (exact) mass is 392 g/mol. The van der Waals surface area contributed by atoms with Crippen LogP contribution in [0.4, 0.5) is 16.0 Å². The van der Waals surface area contributed by atoms with E-state index in [-0.39, 0.29) is 5.82 Å². The van der Waals surface area contributed by atoms with Gasteiger partial charge in [-0.1, -0.05) is 6.07 Å². The van der Waals surface area contributed by atoms with E-state index in [1.54, 1.807) is 31.2 Å². The first-order valence-corrected chi connectivity index (χ1v) is 9.08. The van der Waals surface area contributed by atoms with Crippen molar-refractivity contribution in [1.82, 2.24) is 24.3 Å². The molecule has 4 rings (SSSR count). The fourth-order valence-electron chi connectivity index (χ4n) is 3.04. The zero-order chi connectivity index (χ0) is 20.5. The lowest BCUT2D eigenvalue weighted by Crippen LogP contribution is -2.01. The molecule has 0 atom stereocenters. The fourth-order valence-corrected chi connectivity index (χ4v) is 3.04. The molecule has 4 aromatic rings. The van der Waals surface area contributed by atoms with Crippen LogP contribution in [0.15, 0.2) is 48.9 Å². The first-order chi connectivity index (χ1) is 13.9. The van der Waals surface area contributed by atoms with Gasteiger partial charge in [-0.05, 0) is 49.7 Å². The van der Waals surface area contributed by atoms with Crippen LogP contribution >= 0.6 is 0 Å². The molecule has 0 fully saturated rings. The van der Waals surface area contributed by atoms with Gasteiger partial charge in [-0.15, -0.1) is 5.10 Å². The van der Waals surface area contributed by atoms with Crippen molar-refractivity contribution >= 4 is 11.6 Å². The summed E-state index contributed by atoms with van der Waals surface area (Å²) >= 11 is 0. The highest BCUT2D eigenvalue weighted by Gasteiger charge is 2.14. The maximum absolute atomic E-state index is 14.2. The number of aryl methyl sites for hydroxylation is 3. The van der Waals surface area contributed by atoms with E-state index in [1.807, 2.05) is 48.9 Å². The van der Waals surface area contributed by atoms with Gasteiger partial charge in [0.05, 0.1) is 30.5 Å². The van der Waals surface area contributed by atoms with Gasteiger partial charge in [-0.2, -0.15) is 4.98 Å². The van der Waals surface area contributed by atoms with Gasteiger partial charge < -0.3 is 14.6 Å². The molecule has 2 heterocycles. The molecule has 8 heteroatoms. The number of methoxy groups -OCH3 is 1. The molecule has 29 heavy (non-hydrogen) atoms. The smallest absolute Gasteiger partial charge is 0.226 e. The van der Waals surface area contributed by atoms with Crippen LogP contribution in [0, 0.1) is 19.7 Å². The molecule has 0 aliphatic carbocycles. The van der Waals surface area contributed by atoms with Gasteiger partial charge in [-0.3, -0.25) is 0 Å². The lowest BCUT2D eigenvalue weighted by atomic mass is 10.1. The Balaban J connectivity index is 1.66. The van der Waals surface area contributed by atoms with Crippen LogP contribution in [0.1, 0.15) is 11.3 Å². The van der Waals surface area contributed by atoms with Crippen molar-refractivity contribution in [3.63, 3.8) is 0 Å². The molecule has 0 radical (unpaired) electrons. The minimum absolute atomic E-state index is 0.337. The molecular weight excluding hydrogens is 371 g/mol. The van der Waals surface area contributed by atoms with Crippen molar-refractivity contribution in [2.24, 2.45) is 7.05 Å². The minimum Gasteiger partial charge on any atom is -0.495 e. The fraction of sp³-hybridized carbons (Fsp3) is 0.190. The Morgan fingerprint density at radius 1 is 1.10 bits per heavy atom. The maximum atomic E-state index is 14.2. The lowest BCUT2D eigenvalue weighted by molar-refractivity contribution is 0.413. The summed E-state index contributed by atoms with van der Waals surface area (Å²) in [6, 6.07) is 10.7. The predicted octanol–water partition coefficient (Wildman–Crippen LogP) is 4.18. The van der Waals surface area contributed by atoms with E-state index in [2.05, 4.69) is 20.4 Å². The molecule has 1 N–H and O–H groups in total. The summed E-state index contributed by atoms with van der Waals surface area (Å²) in [5.74, 6) is 1.29. The van der Waals surface area contributed by atoms with E-state index in [9.17, 15) is 4.39 Å². The van der Waals surface area contributed by atoms with Gasteiger partial charge in [0.2, 0.25) is 5.95 Å². The van der Waals surface area contributed by atoms with Crippen LogP contribution in [0.5, 0.6) is 5.75 Å². The van der Waals surface area contributed by atoms with Gasteiger partial charge in [-0.25, -0.2) is 14.1 Å². The average molecular weight is 392 g/mol. The number of nitrogens with one attached hydrogen (secondary N) is 1. The Labute approximate surface area is 167 Å². The first-order valence-electron chi connectivity index (χ1n) is 9.08. The third kappa shape index (κ3) is 3.69. The van der Waals surface area contributed by atoms with E-state index in [1.165, 1.54) is 6.07 Å². The number of anilines is 2. The van der Waals surface area contributed by atoms with E-state index >= 15 is 0 Å². The largest absolute Gasteiger partial charge is 0.495 e. The summed E-state index contributed by atoms with van der Waals surface area (Å²) < 4.78 is 23.2. The number of hydrogen-bond acceptors (Lipinski definition) is 5. The van der Waals surface area contributed by atoms with Crippen LogP contribution in [0.2, 0.25) is 0 Å². The highest BCUT2D eigenvalue weighted by molar-refractivity contribution is 5.65. The van der Waals surface area contributed by atoms with Crippen molar-refractivity contribution in [3.8, 4) is 22.8 Å². The number of ether oxygens (including phenoxy) is 1. The third-order valence-electron chi connectivity index (χ3n) is 4.56. The number of aromatic nitrogens is 5. The second kappa shape index (κ2) is 7.38. The standard InChI is InChI=1S/C21H21FN6O/c1-13-5-7-17(16(22)9-13)24-21-25-20(26-27(21)3)15-6-8-18(19(10-15)29-4)28-11-14(2)23-12-28/h5-12H,1-4H3,(H,24,25,26). The minimum atomic E-state index is -0.337. The van der Waals surface area contributed by atoms with E-state index < -0.39 is 0 Å². The van der Waals surface area contributed by atoms with E-state index in [4.69, 9.17) is 4.74 Å². The summed E-state index contributed by atoms with van der Waals surface area (Å²) in [5.41, 5.74) is 3.78. The number of imidazole rings is 1. The molecule has 0 unspecified atom stereocenters. The Hall–Kier alpha value is -3.68. The van der Waals surface area contributed by atoms with Gasteiger partial charge in [0.15, 0.2) is 5.82 Å². The van der Waals surface area contributed by atoms with Crippen LogP contribution in [0.3, 0.4) is 0 Å². The molecule has 148 valence electrons. The topological polar surface area (TPSA) is 69.8 Å². The summed E-state index contributed by atoms with van der Waals surface area (Å²) in [5, 5.41) is 7.45. The molecule has 0 aliphatic heterocycles. The summed E-state index contributed by atoms with van der Waals surface area (Å²) in [6.07, 6.45) is 3.67. The van der Waals surface area contributed by atoms with Gasteiger partial charge >= 0.3 is 0 Å². The second-order valence-corrected chi connectivity index (χ2v) is 6.80. The third-order valence-corrected chi connectivity index (χ3v) is 4.56. The van der Waals surface area contributed by atoms with Crippen LogP contribution < -0.4 is 10.1 Å².